The van der Waals surface area contributed by atoms with E-state index in [1.165, 1.54) is 0 Å². The van der Waals surface area contributed by atoms with Gasteiger partial charge in [0.25, 0.3) is 0 Å². The molecule has 0 aromatic carbocycles. The topological polar surface area (TPSA) is 35.2 Å². The van der Waals surface area contributed by atoms with Gasteiger partial charge in [0.1, 0.15) is 0 Å². The molecule has 0 fully saturated rings. The highest BCUT2D eigenvalue weighted by molar-refractivity contribution is 5.43. The van der Waals surface area contributed by atoms with Crippen LogP contribution in [-0.2, 0) is 4.74 Å². The summed E-state index contributed by atoms with van der Waals surface area (Å²) >= 11 is 0. The summed E-state index contributed by atoms with van der Waals surface area (Å²) in [6, 6.07) is 0.0593. The van der Waals surface area contributed by atoms with Gasteiger partial charge in [-0.05, 0) is 24.5 Å². The van der Waals surface area contributed by atoms with Gasteiger partial charge >= 0.3 is 0 Å². The summed E-state index contributed by atoms with van der Waals surface area (Å²) in [4.78, 5) is 0. The molecule has 82 valence electrons. The smallest absolute Gasteiger partial charge is 0.0850 e. The van der Waals surface area contributed by atoms with Crippen molar-refractivity contribution in [2.45, 2.75) is 25.5 Å². The molecule has 2 nitrogen and oxygen atoms in total. The van der Waals surface area contributed by atoms with Crippen LogP contribution in [0.4, 0.5) is 0 Å². The molecule has 1 aliphatic rings. The van der Waals surface area contributed by atoms with Gasteiger partial charge in [-0.1, -0.05) is 30.9 Å². The predicted molar refractivity (Wildman–Crippen MR) is 64.6 cm³/mol. The van der Waals surface area contributed by atoms with Crippen LogP contribution in [0.5, 0.6) is 0 Å². The monoisotopic (exact) mass is 205 g/mol. The van der Waals surface area contributed by atoms with E-state index in [9.17, 15) is 0 Å². The first kappa shape index (κ1) is 12.0. The average Bonchev–Trinajstić information content (AvgIpc) is 2.53. The Kier molecular flexibility index (Phi) is 4.53. The van der Waals surface area contributed by atoms with E-state index in [1.54, 1.807) is 6.08 Å². The van der Waals surface area contributed by atoms with Crippen molar-refractivity contribution in [3.63, 3.8) is 0 Å². The molecule has 0 saturated heterocycles. The van der Waals surface area contributed by atoms with Gasteiger partial charge in [0, 0.05) is 6.04 Å². The number of nitrogens with two attached hydrogens (primary N) is 1. The summed E-state index contributed by atoms with van der Waals surface area (Å²) in [5, 5.41) is 0. The van der Waals surface area contributed by atoms with Gasteiger partial charge in [0.2, 0.25) is 0 Å². The summed E-state index contributed by atoms with van der Waals surface area (Å²) in [6.45, 7) is 9.99. The molecule has 1 rings (SSSR count). The summed E-state index contributed by atoms with van der Waals surface area (Å²) in [5.41, 5.74) is 8.28. The van der Waals surface area contributed by atoms with Crippen LogP contribution in [0, 0.1) is 0 Å². The maximum atomic E-state index is 6.03. The van der Waals surface area contributed by atoms with Crippen molar-refractivity contribution >= 4 is 0 Å². The molecule has 2 unspecified atom stereocenters. The molecule has 0 radical (unpaired) electrons. The van der Waals surface area contributed by atoms with Gasteiger partial charge < -0.3 is 10.5 Å². The first-order valence-corrected chi connectivity index (χ1v) is 5.21. The Labute approximate surface area is 91.8 Å². The summed E-state index contributed by atoms with van der Waals surface area (Å²) in [7, 11) is 0. The van der Waals surface area contributed by atoms with Crippen LogP contribution < -0.4 is 5.73 Å². The number of hydrogen-bond acceptors (Lipinski definition) is 2. The first-order chi connectivity index (χ1) is 7.24. The van der Waals surface area contributed by atoms with E-state index in [4.69, 9.17) is 10.5 Å². The van der Waals surface area contributed by atoms with Gasteiger partial charge in [0.15, 0.2) is 0 Å². The van der Waals surface area contributed by atoms with Gasteiger partial charge in [-0.2, -0.15) is 0 Å². The summed E-state index contributed by atoms with van der Waals surface area (Å²) < 4.78 is 5.64. The molecule has 0 aliphatic heterocycles. The van der Waals surface area contributed by atoms with Crippen LogP contribution in [0.2, 0.25) is 0 Å². The third-order valence-electron chi connectivity index (χ3n) is 2.53. The fraction of sp³-hybridized carbons (Fsp3) is 0.385. The normalized spacial score (nSPS) is 26.3. The minimum Gasteiger partial charge on any atom is -0.369 e. The highest BCUT2D eigenvalue weighted by Gasteiger charge is 2.28. The molecule has 0 amide bonds. The van der Waals surface area contributed by atoms with Crippen molar-refractivity contribution in [1.29, 1.82) is 0 Å². The van der Waals surface area contributed by atoms with Crippen LogP contribution in [0.1, 0.15) is 13.3 Å². The molecule has 0 spiro atoms. The van der Waals surface area contributed by atoms with Crippen molar-refractivity contribution in [2.75, 3.05) is 6.61 Å². The second-order valence-corrected chi connectivity index (χ2v) is 3.57. The lowest BCUT2D eigenvalue weighted by Crippen LogP contribution is -2.21. The number of rotatable bonds is 5. The molecule has 0 aromatic rings. The van der Waals surface area contributed by atoms with Gasteiger partial charge in [0.05, 0.1) is 12.7 Å². The van der Waals surface area contributed by atoms with E-state index >= 15 is 0 Å². The molecule has 2 heteroatoms. The zero-order valence-corrected chi connectivity index (χ0v) is 9.28. The van der Waals surface area contributed by atoms with Gasteiger partial charge in [-0.3, -0.25) is 0 Å². The molecule has 15 heavy (non-hydrogen) atoms. The second-order valence-electron chi connectivity index (χ2n) is 3.57. The number of hydrogen-bond donors (Lipinski definition) is 1. The van der Waals surface area contributed by atoms with Crippen LogP contribution in [0.25, 0.3) is 0 Å². The fourth-order valence-electron chi connectivity index (χ4n) is 1.88. The number of ether oxygens (including phenoxy) is 1. The van der Waals surface area contributed by atoms with E-state index in [1.807, 2.05) is 25.2 Å². The van der Waals surface area contributed by atoms with Gasteiger partial charge in [-0.15, -0.1) is 6.58 Å². The lowest BCUT2D eigenvalue weighted by Gasteiger charge is -2.12. The van der Waals surface area contributed by atoms with E-state index in [0.29, 0.717) is 6.61 Å². The molecule has 0 saturated carbocycles. The molecular weight excluding hydrogens is 186 g/mol. The van der Waals surface area contributed by atoms with E-state index in [-0.39, 0.29) is 12.1 Å². The Hall–Kier alpha value is -1.12. The van der Waals surface area contributed by atoms with E-state index < -0.39 is 0 Å². The van der Waals surface area contributed by atoms with Gasteiger partial charge in [-0.25, -0.2) is 0 Å². The van der Waals surface area contributed by atoms with Crippen LogP contribution in [0.15, 0.2) is 48.6 Å². The first-order valence-electron chi connectivity index (χ1n) is 5.21. The molecule has 0 heterocycles. The Morgan fingerprint density at radius 3 is 2.73 bits per heavy atom. The Bertz CT molecular complexity index is 302. The van der Waals surface area contributed by atoms with Crippen molar-refractivity contribution in [2.24, 2.45) is 5.73 Å². The molecule has 2 atom stereocenters. The maximum Gasteiger partial charge on any atom is 0.0850 e. The molecule has 2 N–H and O–H groups in total. The zero-order valence-electron chi connectivity index (χ0n) is 9.28. The molecule has 1 aliphatic carbocycles. The Morgan fingerprint density at radius 2 is 2.20 bits per heavy atom. The highest BCUT2D eigenvalue weighted by Crippen LogP contribution is 2.29. The largest absolute Gasteiger partial charge is 0.369 e. The average molecular weight is 205 g/mol. The van der Waals surface area contributed by atoms with Crippen LogP contribution in [0.3, 0.4) is 0 Å². The van der Waals surface area contributed by atoms with Crippen LogP contribution >= 0.6 is 0 Å². The zero-order chi connectivity index (χ0) is 11.3. The van der Waals surface area contributed by atoms with E-state index in [2.05, 4.69) is 13.2 Å². The Morgan fingerprint density at radius 1 is 1.47 bits per heavy atom. The lowest BCUT2D eigenvalue weighted by molar-refractivity contribution is 0.102. The predicted octanol–water partition coefficient (Wildman–Crippen LogP) is 2.35. The minimum atomic E-state index is 0.0593. The maximum absolute atomic E-state index is 6.03. The van der Waals surface area contributed by atoms with Crippen LogP contribution in [-0.4, -0.2) is 18.8 Å². The molecular formula is C13H19NO. The van der Waals surface area contributed by atoms with Crippen molar-refractivity contribution in [3.05, 3.63) is 48.6 Å². The highest BCUT2D eigenvalue weighted by atomic mass is 16.5. The fourth-order valence-corrected chi connectivity index (χ4v) is 1.88. The minimum absolute atomic E-state index is 0.0593. The summed E-state index contributed by atoms with van der Waals surface area (Å²) in [5.74, 6) is 0. The quantitative estimate of drug-likeness (QED) is 0.699. The van der Waals surface area contributed by atoms with E-state index in [0.717, 1.165) is 17.6 Å². The molecule has 0 bridgehead atoms. The standard InChI is InChI=1S/C13H19NO/c1-4-7-11-10(6-3)13(9-12(11)14)15-8-5-2/h4-7,12-13H,2-3,8-9,14H2,1H3/b7-4-. The number of allylic oxidation sites excluding steroid dienone is 1. The van der Waals surface area contributed by atoms with Crippen molar-refractivity contribution < 1.29 is 4.74 Å². The Balaban J connectivity index is 2.85. The van der Waals surface area contributed by atoms with Crippen molar-refractivity contribution in [3.8, 4) is 0 Å². The lowest BCUT2D eigenvalue weighted by atomic mass is 10.1. The third kappa shape index (κ3) is 2.67. The molecule has 0 aromatic heterocycles. The second kappa shape index (κ2) is 5.69. The van der Waals surface area contributed by atoms with Crippen molar-refractivity contribution in [1.82, 2.24) is 0 Å². The third-order valence-corrected chi connectivity index (χ3v) is 2.53. The summed E-state index contributed by atoms with van der Waals surface area (Å²) in [6.07, 6.45) is 8.53. The SMILES string of the molecule is C=CCOC1CC(N)C(/C=C\C)=C1C=C.